The summed E-state index contributed by atoms with van der Waals surface area (Å²) < 4.78 is 0. The minimum atomic E-state index is -0.192. The molecular weight excluding hydrogens is 332 g/mol. The lowest BCUT2D eigenvalue weighted by Gasteiger charge is -2.09. The number of hydrogen-bond acceptors (Lipinski definition) is 2. The molecule has 0 aliphatic rings. The van der Waals surface area contributed by atoms with Gasteiger partial charge in [-0.1, -0.05) is 129 Å². The van der Waals surface area contributed by atoms with E-state index in [1.54, 1.807) is 0 Å². The third-order valence-corrected chi connectivity index (χ3v) is 5.84. The van der Waals surface area contributed by atoms with Crippen molar-refractivity contribution in [2.45, 2.75) is 154 Å². The molecule has 0 aromatic rings. The predicted octanol–water partition coefficient (Wildman–Crippen LogP) is 7.94. The molecule has 0 saturated carbocycles. The van der Waals surface area contributed by atoms with Crippen molar-refractivity contribution in [3.8, 4) is 0 Å². The minimum absolute atomic E-state index is 0.192. The van der Waals surface area contributed by atoms with Gasteiger partial charge in [-0.15, -0.1) is 0 Å². The van der Waals surface area contributed by atoms with Crippen molar-refractivity contribution in [2.75, 3.05) is 6.61 Å². The van der Waals surface area contributed by atoms with Crippen molar-refractivity contribution < 1.29 is 10.2 Å². The Morgan fingerprint density at radius 1 is 0.444 bits per heavy atom. The average molecular weight is 385 g/mol. The van der Waals surface area contributed by atoms with Gasteiger partial charge in [0.05, 0.1) is 6.10 Å². The van der Waals surface area contributed by atoms with Crippen LogP contribution >= 0.6 is 0 Å². The van der Waals surface area contributed by atoms with Crippen molar-refractivity contribution in [1.82, 2.24) is 0 Å². The van der Waals surface area contributed by atoms with Crippen molar-refractivity contribution in [3.05, 3.63) is 0 Å². The first-order chi connectivity index (χ1) is 13.3. The summed E-state index contributed by atoms with van der Waals surface area (Å²) in [4.78, 5) is 0. The van der Waals surface area contributed by atoms with E-state index >= 15 is 0 Å². The quantitative estimate of drug-likeness (QED) is 0.175. The molecular formula is C25H52O2. The molecule has 0 rings (SSSR count). The van der Waals surface area contributed by atoms with Gasteiger partial charge in [0.25, 0.3) is 0 Å². The average Bonchev–Trinajstić information content (AvgIpc) is 2.68. The normalized spacial score (nSPS) is 12.6. The number of hydrogen-bond donors (Lipinski definition) is 2. The molecule has 0 heterocycles. The van der Waals surface area contributed by atoms with Gasteiger partial charge in [-0.05, 0) is 19.3 Å². The van der Waals surface area contributed by atoms with E-state index in [0.717, 1.165) is 25.7 Å². The van der Waals surface area contributed by atoms with E-state index in [1.807, 2.05) is 0 Å². The molecule has 2 heteroatoms. The number of unbranched alkanes of at least 4 members (excludes halogenated alkanes) is 18. The zero-order valence-electron chi connectivity index (χ0n) is 18.7. The highest BCUT2D eigenvalue weighted by molar-refractivity contribution is 4.56. The van der Waals surface area contributed by atoms with Gasteiger partial charge in [0.1, 0.15) is 0 Å². The van der Waals surface area contributed by atoms with Gasteiger partial charge < -0.3 is 10.2 Å². The fraction of sp³-hybridized carbons (Fsp3) is 1.00. The van der Waals surface area contributed by atoms with Gasteiger partial charge in [0.2, 0.25) is 0 Å². The molecule has 2 nitrogen and oxygen atoms in total. The monoisotopic (exact) mass is 384 g/mol. The maximum absolute atomic E-state index is 9.71. The summed E-state index contributed by atoms with van der Waals surface area (Å²) in [5.74, 6) is 0. The Bertz CT molecular complexity index is 255. The van der Waals surface area contributed by atoms with Gasteiger partial charge in [0, 0.05) is 6.61 Å². The Balaban J connectivity index is 3.03. The van der Waals surface area contributed by atoms with Gasteiger partial charge in [-0.3, -0.25) is 0 Å². The van der Waals surface area contributed by atoms with E-state index in [1.165, 1.54) is 116 Å². The second kappa shape index (κ2) is 24.0. The van der Waals surface area contributed by atoms with Gasteiger partial charge >= 0.3 is 0 Å². The second-order valence-electron chi connectivity index (χ2n) is 8.67. The Morgan fingerprint density at radius 2 is 0.741 bits per heavy atom. The smallest absolute Gasteiger partial charge is 0.0541 e. The molecule has 0 saturated heterocycles. The van der Waals surface area contributed by atoms with Crippen LogP contribution in [0.3, 0.4) is 0 Å². The van der Waals surface area contributed by atoms with Crippen LogP contribution in [0.4, 0.5) is 0 Å². The molecule has 1 atom stereocenters. The van der Waals surface area contributed by atoms with Crippen LogP contribution in [-0.2, 0) is 0 Å². The molecule has 2 N–H and O–H groups in total. The number of aliphatic hydroxyl groups is 2. The molecule has 0 aliphatic carbocycles. The van der Waals surface area contributed by atoms with Crippen LogP contribution in [0.1, 0.15) is 148 Å². The summed E-state index contributed by atoms with van der Waals surface area (Å²) in [6.45, 7) is 2.49. The van der Waals surface area contributed by atoms with Crippen molar-refractivity contribution in [1.29, 1.82) is 0 Å². The van der Waals surface area contributed by atoms with Crippen molar-refractivity contribution >= 4 is 0 Å². The molecule has 0 radical (unpaired) electrons. The Labute approximate surface area is 171 Å². The van der Waals surface area contributed by atoms with E-state index in [4.69, 9.17) is 5.11 Å². The van der Waals surface area contributed by atoms with Crippen molar-refractivity contribution in [3.63, 3.8) is 0 Å². The molecule has 1 unspecified atom stereocenters. The number of aliphatic hydroxyl groups excluding tert-OH is 2. The largest absolute Gasteiger partial charge is 0.396 e. The molecule has 0 bridgehead atoms. The number of rotatable bonds is 23. The molecule has 0 amide bonds. The fourth-order valence-corrected chi connectivity index (χ4v) is 3.93. The Kier molecular flexibility index (Phi) is 23.9. The molecule has 0 aromatic heterocycles. The first kappa shape index (κ1) is 26.9. The third-order valence-electron chi connectivity index (χ3n) is 5.84. The van der Waals surface area contributed by atoms with E-state index < -0.39 is 0 Å². The summed E-state index contributed by atoms with van der Waals surface area (Å²) in [5, 5.41) is 18.5. The zero-order valence-corrected chi connectivity index (χ0v) is 18.7. The SMILES string of the molecule is CCCCCCCCCCCCCCCCCCCCCC(O)CCCO. The lowest BCUT2D eigenvalue weighted by atomic mass is 10.0. The first-order valence-corrected chi connectivity index (χ1v) is 12.6. The van der Waals surface area contributed by atoms with Gasteiger partial charge in [-0.25, -0.2) is 0 Å². The lowest BCUT2D eigenvalue weighted by molar-refractivity contribution is 0.137. The van der Waals surface area contributed by atoms with Crippen LogP contribution in [0.25, 0.3) is 0 Å². The third kappa shape index (κ3) is 23.9. The molecule has 164 valence electrons. The van der Waals surface area contributed by atoms with E-state index in [9.17, 15) is 5.11 Å². The Morgan fingerprint density at radius 3 is 1.07 bits per heavy atom. The first-order valence-electron chi connectivity index (χ1n) is 12.6. The molecule has 27 heavy (non-hydrogen) atoms. The van der Waals surface area contributed by atoms with Gasteiger partial charge in [0.15, 0.2) is 0 Å². The highest BCUT2D eigenvalue weighted by Gasteiger charge is 2.02. The maximum atomic E-state index is 9.71. The molecule has 0 aliphatic heterocycles. The van der Waals surface area contributed by atoms with Crippen LogP contribution in [0.2, 0.25) is 0 Å². The van der Waals surface area contributed by atoms with E-state index in [-0.39, 0.29) is 12.7 Å². The topological polar surface area (TPSA) is 40.5 Å². The van der Waals surface area contributed by atoms with E-state index in [2.05, 4.69) is 6.92 Å². The summed E-state index contributed by atoms with van der Waals surface area (Å²) in [5.41, 5.74) is 0. The van der Waals surface area contributed by atoms with Gasteiger partial charge in [-0.2, -0.15) is 0 Å². The molecule has 0 fully saturated rings. The summed E-state index contributed by atoms with van der Waals surface area (Å²) in [6, 6.07) is 0. The van der Waals surface area contributed by atoms with Crippen LogP contribution in [0.5, 0.6) is 0 Å². The molecule has 0 aromatic carbocycles. The van der Waals surface area contributed by atoms with Crippen molar-refractivity contribution in [2.24, 2.45) is 0 Å². The van der Waals surface area contributed by atoms with E-state index in [0.29, 0.717) is 0 Å². The Hall–Kier alpha value is -0.0800. The second-order valence-corrected chi connectivity index (χ2v) is 8.67. The van der Waals surface area contributed by atoms with Crippen LogP contribution < -0.4 is 0 Å². The van der Waals surface area contributed by atoms with Crippen LogP contribution in [0, 0.1) is 0 Å². The summed E-state index contributed by atoms with van der Waals surface area (Å²) in [7, 11) is 0. The fourth-order valence-electron chi connectivity index (χ4n) is 3.93. The standard InChI is InChI=1S/C25H52O2/c1-2-3-4-5-6-7-8-9-10-11-12-13-14-15-16-17-18-19-20-22-25(27)23-21-24-26/h25-27H,2-24H2,1H3. The maximum Gasteiger partial charge on any atom is 0.0541 e. The van der Waals surface area contributed by atoms with Crippen LogP contribution in [-0.4, -0.2) is 22.9 Å². The summed E-state index contributed by atoms with van der Waals surface area (Å²) >= 11 is 0. The predicted molar refractivity (Wildman–Crippen MR) is 120 cm³/mol. The molecule has 0 spiro atoms. The highest BCUT2D eigenvalue weighted by Crippen LogP contribution is 2.15. The van der Waals surface area contributed by atoms with Crippen LogP contribution in [0.15, 0.2) is 0 Å². The zero-order chi connectivity index (χ0) is 19.8. The highest BCUT2D eigenvalue weighted by atomic mass is 16.3. The lowest BCUT2D eigenvalue weighted by Crippen LogP contribution is -2.06. The summed E-state index contributed by atoms with van der Waals surface area (Å²) in [6.07, 6.45) is 28.9. The minimum Gasteiger partial charge on any atom is -0.396 e.